The van der Waals surface area contributed by atoms with E-state index in [2.05, 4.69) is 29.3 Å². The van der Waals surface area contributed by atoms with Gasteiger partial charge in [0.15, 0.2) is 0 Å². The SMILES string of the molecule is Cc1nn(C)c(C)c1/C=C1\CCCC2=C1OC(N)=C(C#N)[C@@H]2c1c(C)nn(C)c1C. The fourth-order valence-corrected chi connectivity index (χ4v) is 4.75. The highest BCUT2D eigenvalue weighted by Crippen LogP contribution is 2.48. The van der Waals surface area contributed by atoms with Crippen molar-refractivity contribution >= 4 is 6.08 Å². The monoisotopic (exact) mass is 404 g/mol. The Labute approximate surface area is 177 Å². The molecular formula is C23H28N6O. The lowest BCUT2D eigenvalue weighted by molar-refractivity contribution is 0.277. The number of allylic oxidation sites excluding steroid dienone is 3. The van der Waals surface area contributed by atoms with Crippen LogP contribution >= 0.6 is 0 Å². The fraction of sp³-hybridized carbons (Fsp3) is 0.435. The number of nitrogens with zero attached hydrogens (tertiary/aromatic N) is 5. The quantitative estimate of drug-likeness (QED) is 0.823. The van der Waals surface area contributed by atoms with Gasteiger partial charge in [0.05, 0.1) is 17.3 Å². The predicted molar refractivity (Wildman–Crippen MR) is 115 cm³/mol. The molecule has 3 heterocycles. The van der Waals surface area contributed by atoms with E-state index in [1.807, 2.05) is 44.2 Å². The van der Waals surface area contributed by atoms with Crippen LogP contribution in [-0.2, 0) is 18.8 Å². The van der Waals surface area contributed by atoms with E-state index < -0.39 is 0 Å². The Morgan fingerprint density at radius 2 is 1.73 bits per heavy atom. The second kappa shape index (κ2) is 7.21. The van der Waals surface area contributed by atoms with Crippen LogP contribution in [0.25, 0.3) is 6.08 Å². The standard InChI is InChI=1S/C23H28N6O/c1-12-18(14(3)28(5)26-12)10-16-8-7-9-17-21(19(11-24)23(25)30-22(16)17)20-13(2)27-29(6)15(20)4/h10,21H,7-9,25H2,1-6H3/b16-10+/t21-/m1/s1. The van der Waals surface area contributed by atoms with Gasteiger partial charge >= 0.3 is 0 Å². The summed E-state index contributed by atoms with van der Waals surface area (Å²) in [5.74, 6) is 0.789. The molecule has 0 saturated carbocycles. The molecule has 2 aliphatic rings. The molecule has 0 unspecified atom stereocenters. The number of ether oxygens (including phenoxy) is 1. The summed E-state index contributed by atoms with van der Waals surface area (Å²) in [6.45, 7) is 8.12. The van der Waals surface area contributed by atoms with Crippen molar-refractivity contribution in [1.29, 1.82) is 5.26 Å². The third-order valence-electron chi connectivity index (χ3n) is 6.45. The molecule has 1 aliphatic carbocycles. The molecule has 7 nitrogen and oxygen atoms in total. The van der Waals surface area contributed by atoms with E-state index in [9.17, 15) is 5.26 Å². The molecule has 2 aromatic heterocycles. The van der Waals surface area contributed by atoms with Gasteiger partial charge in [-0.3, -0.25) is 9.36 Å². The van der Waals surface area contributed by atoms with Gasteiger partial charge < -0.3 is 10.5 Å². The molecule has 1 atom stereocenters. The van der Waals surface area contributed by atoms with Crippen LogP contribution < -0.4 is 5.73 Å². The van der Waals surface area contributed by atoms with E-state index in [-0.39, 0.29) is 11.8 Å². The van der Waals surface area contributed by atoms with Crippen LogP contribution in [0.15, 0.2) is 28.4 Å². The molecule has 0 radical (unpaired) electrons. The Hall–Kier alpha value is -3.27. The lowest BCUT2D eigenvalue weighted by Gasteiger charge is -2.33. The summed E-state index contributed by atoms with van der Waals surface area (Å²) in [7, 11) is 3.89. The van der Waals surface area contributed by atoms with Crippen molar-refractivity contribution in [2.75, 3.05) is 0 Å². The first kappa shape index (κ1) is 20.0. The molecule has 156 valence electrons. The number of nitrogens with two attached hydrogens (primary N) is 1. The second-order valence-corrected chi connectivity index (χ2v) is 8.22. The molecule has 30 heavy (non-hydrogen) atoms. The Morgan fingerprint density at radius 1 is 1.07 bits per heavy atom. The molecule has 0 saturated heterocycles. The van der Waals surface area contributed by atoms with Crippen molar-refractivity contribution in [3.05, 3.63) is 62.3 Å². The lowest BCUT2D eigenvalue weighted by Crippen LogP contribution is -2.24. The number of rotatable bonds is 2. The highest BCUT2D eigenvalue weighted by molar-refractivity contribution is 5.65. The van der Waals surface area contributed by atoms with Gasteiger partial charge in [0.2, 0.25) is 5.88 Å². The third-order valence-corrected chi connectivity index (χ3v) is 6.45. The van der Waals surface area contributed by atoms with Crippen molar-refractivity contribution in [3.63, 3.8) is 0 Å². The maximum Gasteiger partial charge on any atom is 0.205 e. The van der Waals surface area contributed by atoms with Crippen LogP contribution in [0.5, 0.6) is 0 Å². The Bertz CT molecular complexity index is 1180. The minimum atomic E-state index is -0.216. The van der Waals surface area contributed by atoms with Crippen LogP contribution in [-0.4, -0.2) is 19.6 Å². The van der Waals surface area contributed by atoms with Crippen molar-refractivity contribution in [1.82, 2.24) is 19.6 Å². The summed E-state index contributed by atoms with van der Waals surface area (Å²) in [5.41, 5.74) is 15.2. The first-order chi connectivity index (χ1) is 14.2. The van der Waals surface area contributed by atoms with E-state index in [0.717, 1.165) is 70.1 Å². The molecule has 0 fully saturated rings. The summed E-state index contributed by atoms with van der Waals surface area (Å²) in [6, 6.07) is 2.31. The highest BCUT2D eigenvalue weighted by atomic mass is 16.5. The molecule has 2 aromatic rings. The third kappa shape index (κ3) is 2.95. The van der Waals surface area contributed by atoms with E-state index >= 15 is 0 Å². The molecule has 7 heteroatoms. The second-order valence-electron chi connectivity index (χ2n) is 8.22. The normalized spacial score (nSPS) is 20.4. The van der Waals surface area contributed by atoms with Crippen molar-refractivity contribution < 1.29 is 4.74 Å². The number of aryl methyl sites for hydroxylation is 4. The van der Waals surface area contributed by atoms with Crippen molar-refractivity contribution in [3.8, 4) is 6.07 Å². The smallest absolute Gasteiger partial charge is 0.205 e. The molecular weight excluding hydrogens is 376 g/mol. The lowest BCUT2D eigenvalue weighted by atomic mass is 9.76. The Balaban J connectivity index is 1.92. The Kier molecular flexibility index (Phi) is 4.81. The Morgan fingerprint density at radius 3 is 2.30 bits per heavy atom. The molecule has 0 aromatic carbocycles. The molecule has 1 aliphatic heterocycles. The first-order valence-electron chi connectivity index (χ1n) is 10.3. The highest BCUT2D eigenvalue weighted by Gasteiger charge is 2.38. The van der Waals surface area contributed by atoms with Crippen LogP contribution in [0.4, 0.5) is 0 Å². The van der Waals surface area contributed by atoms with E-state index in [0.29, 0.717) is 5.57 Å². The van der Waals surface area contributed by atoms with E-state index in [1.165, 1.54) is 0 Å². The molecule has 0 spiro atoms. The zero-order valence-corrected chi connectivity index (χ0v) is 18.5. The topological polar surface area (TPSA) is 94.7 Å². The maximum absolute atomic E-state index is 9.91. The average molecular weight is 405 g/mol. The molecule has 2 N–H and O–H groups in total. The summed E-state index contributed by atoms with van der Waals surface area (Å²) in [4.78, 5) is 0. The average Bonchev–Trinajstić information content (AvgIpc) is 3.09. The largest absolute Gasteiger partial charge is 0.440 e. The van der Waals surface area contributed by atoms with Crippen molar-refractivity contribution in [2.24, 2.45) is 19.8 Å². The van der Waals surface area contributed by atoms with Crippen LogP contribution in [0.1, 0.15) is 59.1 Å². The van der Waals surface area contributed by atoms with Gasteiger partial charge in [-0.1, -0.05) is 0 Å². The predicted octanol–water partition coefficient (Wildman–Crippen LogP) is 3.72. The van der Waals surface area contributed by atoms with E-state index in [1.54, 1.807) is 0 Å². The number of aromatic nitrogens is 4. The summed E-state index contributed by atoms with van der Waals surface area (Å²) < 4.78 is 9.86. The van der Waals surface area contributed by atoms with Crippen molar-refractivity contribution in [2.45, 2.75) is 52.9 Å². The minimum Gasteiger partial charge on any atom is -0.440 e. The summed E-state index contributed by atoms with van der Waals surface area (Å²) >= 11 is 0. The molecule has 0 bridgehead atoms. The van der Waals surface area contributed by atoms with Gasteiger partial charge in [0, 0.05) is 36.6 Å². The number of nitriles is 1. The zero-order chi connectivity index (χ0) is 21.7. The van der Waals surface area contributed by atoms with Gasteiger partial charge in [-0.25, -0.2) is 0 Å². The van der Waals surface area contributed by atoms with Gasteiger partial charge in [-0.05, 0) is 64.2 Å². The van der Waals surface area contributed by atoms with Crippen LogP contribution in [0, 0.1) is 39.0 Å². The zero-order valence-electron chi connectivity index (χ0n) is 18.5. The van der Waals surface area contributed by atoms with Gasteiger partial charge in [0.25, 0.3) is 0 Å². The van der Waals surface area contributed by atoms with E-state index in [4.69, 9.17) is 10.5 Å². The minimum absolute atomic E-state index is 0.191. The number of hydrogen-bond donors (Lipinski definition) is 1. The number of hydrogen-bond acceptors (Lipinski definition) is 5. The first-order valence-corrected chi connectivity index (χ1v) is 10.3. The van der Waals surface area contributed by atoms with Gasteiger partial charge in [-0.2, -0.15) is 15.5 Å². The maximum atomic E-state index is 9.91. The van der Waals surface area contributed by atoms with Crippen LogP contribution in [0.2, 0.25) is 0 Å². The summed E-state index contributed by atoms with van der Waals surface area (Å²) in [6.07, 6.45) is 4.95. The molecule has 4 rings (SSSR count). The molecule has 0 amide bonds. The van der Waals surface area contributed by atoms with Gasteiger partial charge in [0.1, 0.15) is 17.4 Å². The van der Waals surface area contributed by atoms with Gasteiger partial charge in [-0.15, -0.1) is 0 Å². The van der Waals surface area contributed by atoms with Crippen LogP contribution in [0.3, 0.4) is 0 Å². The fourth-order valence-electron chi connectivity index (χ4n) is 4.75. The summed E-state index contributed by atoms with van der Waals surface area (Å²) in [5, 5.41) is 19.0.